The molecule has 122 valence electrons. The Morgan fingerprint density at radius 1 is 1.09 bits per heavy atom. The first-order chi connectivity index (χ1) is 10.4. The van der Waals surface area contributed by atoms with Crippen molar-refractivity contribution in [3.8, 4) is 0 Å². The van der Waals surface area contributed by atoms with Gasteiger partial charge in [-0.1, -0.05) is 12.1 Å². The van der Waals surface area contributed by atoms with Crippen LogP contribution in [0.25, 0.3) is 0 Å². The van der Waals surface area contributed by atoms with Crippen molar-refractivity contribution in [2.45, 2.75) is 46.7 Å². The molecular weight excluding hydrogens is 274 g/mol. The Morgan fingerprint density at radius 3 is 2.32 bits per heavy atom. The van der Waals surface area contributed by atoms with Gasteiger partial charge in [-0.05, 0) is 51.8 Å². The number of nitrogens with zero attached hydrogens (tertiary/aromatic N) is 2. The molecule has 22 heavy (non-hydrogen) atoms. The fraction of sp³-hybridized carbons (Fsp3) is 0.611. The Balaban J connectivity index is 1.95. The van der Waals surface area contributed by atoms with Gasteiger partial charge in [-0.15, -0.1) is 0 Å². The highest BCUT2D eigenvalue weighted by Crippen LogP contribution is 2.24. The molecule has 0 aromatic heterocycles. The smallest absolute Gasteiger partial charge is 0.237 e. The number of aryl methyl sites for hydroxylation is 1. The molecule has 1 aliphatic rings. The molecule has 0 radical (unpaired) electrons. The lowest BCUT2D eigenvalue weighted by Gasteiger charge is -2.39. The largest absolute Gasteiger partial charge is 0.369 e. The van der Waals surface area contributed by atoms with Crippen molar-refractivity contribution in [1.29, 1.82) is 0 Å². The first kappa shape index (κ1) is 16.8. The quantitative estimate of drug-likeness (QED) is 0.927. The van der Waals surface area contributed by atoms with Crippen LogP contribution in [-0.4, -0.2) is 49.1 Å². The minimum absolute atomic E-state index is 0.0526. The topological polar surface area (TPSA) is 35.6 Å². The third kappa shape index (κ3) is 3.80. The van der Waals surface area contributed by atoms with E-state index in [-0.39, 0.29) is 18.0 Å². The van der Waals surface area contributed by atoms with E-state index in [9.17, 15) is 4.79 Å². The average Bonchev–Trinajstić information content (AvgIpc) is 2.49. The fourth-order valence-corrected chi connectivity index (χ4v) is 3.00. The molecule has 1 aromatic carbocycles. The van der Waals surface area contributed by atoms with Crippen molar-refractivity contribution in [1.82, 2.24) is 10.2 Å². The maximum Gasteiger partial charge on any atom is 0.237 e. The SMILES string of the molecule is Cc1cccc(N2CCN(C(C)C(=O)NC(C)C)CC2)c1C. The molecule has 1 N–H and O–H groups in total. The predicted octanol–water partition coefficient (Wildman–Crippen LogP) is 2.34. The van der Waals surface area contributed by atoms with Crippen molar-refractivity contribution >= 4 is 11.6 Å². The van der Waals surface area contributed by atoms with Crippen LogP contribution in [0.2, 0.25) is 0 Å². The van der Waals surface area contributed by atoms with Crippen LogP contribution in [0.4, 0.5) is 5.69 Å². The monoisotopic (exact) mass is 303 g/mol. The number of carbonyl (C=O) groups is 1. The summed E-state index contributed by atoms with van der Waals surface area (Å²) in [6.07, 6.45) is 0. The van der Waals surface area contributed by atoms with Crippen LogP contribution in [0.15, 0.2) is 18.2 Å². The standard InChI is InChI=1S/C18H29N3O/c1-13(2)19-18(22)16(5)20-9-11-21(12-10-20)17-8-6-7-14(3)15(17)4/h6-8,13,16H,9-12H2,1-5H3,(H,19,22). The van der Waals surface area contributed by atoms with Gasteiger partial charge >= 0.3 is 0 Å². The Morgan fingerprint density at radius 2 is 1.73 bits per heavy atom. The van der Waals surface area contributed by atoms with Gasteiger partial charge < -0.3 is 10.2 Å². The number of rotatable bonds is 4. The number of carbonyl (C=O) groups excluding carboxylic acids is 1. The lowest BCUT2D eigenvalue weighted by molar-refractivity contribution is -0.126. The number of amides is 1. The highest BCUT2D eigenvalue weighted by Gasteiger charge is 2.26. The van der Waals surface area contributed by atoms with Crippen molar-refractivity contribution in [2.24, 2.45) is 0 Å². The van der Waals surface area contributed by atoms with Crippen LogP contribution < -0.4 is 10.2 Å². The van der Waals surface area contributed by atoms with E-state index in [4.69, 9.17) is 0 Å². The third-order valence-corrected chi connectivity index (χ3v) is 4.59. The van der Waals surface area contributed by atoms with Crippen LogP contribution in [0, 0.1) is 13.8 Å². The summed E-state index contributed by atoms with van der Waals surface area (Å²) in [5.74, 6) is 0.134. The number of benzene rings is 1. The number of piperazine rings is 1. The van der Waals surface area contributed by atoms with Crippen molar-refractivity contribution in [2.75, 3.05) is 31.1 Å². The van der Waals surface area contributed by atoms with Crippen molar-refractivity contribution in [3.63, 3.8) is 0 Å². The lowest BCUT2D eigenvalue weighted by atomic mass is 10.1. The molecule has 0 spiro atoms. The molecule has 0 bridgehead atoms. The third-order valence-electron chi connectivity index (χ3n) is 4.59. The van der Waals surface area contributed by atoms with E-state index in [0.717, 1.165) is 26.2 Å². The van der Waals surface area contributed by atoms with Gasteiger partial charge in [0.15, 0.2) is 0 Å². The molecule has 1 fully saturated rings. The molecule has 1 aliphatic heterocycles. The van der Waals surface area contributed by atoms with E-state index < -0.39 is 0 Å². The minimum Gasteiger partial charge on any atom is -0.369 e. The number of hydrogen-bond donors (Lipinski definition) is 1. The summed E-state index contributed by atoms with van der Waals surface area (Å²) >= 11 is 0. The molecule has 4 nitrogen and oxygen atoms in total. The minimum atomic E-state index is -0.0526. The Hall–Kier alpha value is -1.55. The normalized spacial score (nSPS) is 17.6. The Bertz CT molecular complexity index is 519. The highest BCUT2D eigenvalue weighted by atomic mass is 16.2. The molecule has 1 unspecified atom stereocenters. The number of nitrogens with one attached hydrogen (secondary N) is 1. The summed E-state index contributed by atoms with van der Waals surface area (Å²) in [6, 6.07) is 6.64. The van der Waals surface area contributed by atoms with Crippen LogP contribution >= 0.6 is 0 Å². The van der Waals surface area contributed by atoms with Crippen LogP contribution in [-0.2, 0) is 4.79 Å². The molecule has 1 saturated heterocycles. The second-order valence-electron chi connectivity index (χ2n) is 6.58. The molecule has 1 atom stereocenters. The van der Waals surface area contributed by atoms with E-state index in [1.807, 2.05) is 20.8 Å². The van der Waals surface area contributed by atoms with E-state index in [0.29, 0.717) is 0 Å². The van der Waals surface area contributed by atoms with Gasteiger partial charge in [0.1, 0.15) is 0 Å². The molecular formula is C18H29N3O. The molecule has 1 aromatic rings. The number of anilines is 1. The molecule has 0 saturated carbocycles. The van der Waals surface area contributed by atoms with Gasteiger partial charge in [0, 0.05) is 37.9 Å². The second kappa shape index (κ2) is 7.14. The summed E-state index contributed by atoms with van der Waals surface area (Å²) in [5.41, 5.74) is 4.03. The van der Waals surface area contributed by atoms with E-state index in [1.165, 1.54) is 16.8 Å². The molecule has 4 heteroatoms. The average molecular weight is 303 g/mol. The first-order valence-electron chi connectivity index (χ1n) is 8.25. The zero-order valence-corrected chi connectivity index (χ0v) is 14.5. The van der Waals surface area contributed by atoms with Gasteiger partial charge in [-0.3, -0.25) is 9.69 Å². The first-order valence-corrected chi connectivity index (χ1v) is 8.25. The maximum absolute atomic E-state index is 12.1. The van der Waals surface area contributed by atoms with Gasteiger partial charge in [-0.2, -0.15) is 0 Å². The molecule has 0 aliphatic carbocycles. The van der Waals surface area contributed by atoms with Gasteiger partial charge in [0.25, 0.3) is 0 Å². The Labute approximate surface area is 134 Å². The predicted molar refractivity (Wildman–Crippen MR) is 92.4 cm³/mol. The van der Waals surface area contributed by atoms with Crippen molar-refractivity contribution in [3.05, 3.63) is 29.3 Å². The van der Waals surface area contributed by atoms with Gasteiger partial charge in [0.2, 0.25) is 5.91 Å². The summed E-state index contributed by atoms with van der Waals surface area (Å²) in [7, 11) is 0. The zero-order valence-electron chi connectivity index (χ0n) is 14.5. The van der Waals surface area contributed by atoms with Crippen LogP contribution in [0.3, 0.4) is 0 Å². The number of hydrogen-bond acceptors (Lipinski definition) is 3. The van der Waals surface area contributed by atoms with Crippen molar-refractivity contribution < 1.29 is 4.79 Å². The highest BCUT2D eigenvalue weighted by molar-refractivity contribution is 5.81. The maximum atomic E-state index is 12.1. The van der Waals surface area contributed by atoms with E-state index >= 15 is 0 Å². The summed E-state index contributed by atoms with van der Waals surface area (Å²) < 4.78 is 0. The Kier molecular flexibility index (Phi) is 5.46. The molecule has 1 heterocycles. The van der Waals surface area contributed by atoms with Crippen LogP contribution in [0.1, 0.15) is 31.9 Å². The summed E-state index contributed by atoms with van der Waals surface area (Å²) in [5, 5.41) is 3.01. The van der Waals surface area contributed by atoms with Crippen LogP contribution in [0.5, 0.6) is 0 Å². The lowest BCUT2D eigenvalue weighted by Crippen LogP contribution is -2.54. The van der Waals surface area contributed by atoms with Gasteiger partial charge in [-0.25, -0.2) is 0 Å². The summed E-state index contributed by atoms with van der Waals surface area (Å²) in [4.78, 5) is 16.9. The molecule has 2 rings (SSSR count). The van der Waals surface area contributed by atoms with E-state index in [2.05, 4.69) is 47.2 Å². The fourth-order valence-electron chi connectivity index (χ4n) is 3.00. The zero-order chi connectivity index (χ0) is 16.3. The van der Waals surface area contributed by atoms with E-state index in [1.54, 1.807) is 0 Å². The molecule has 1 amide bonds. The summed E-state index contributed by atoms with van der Waals surface area (Å²) in [6.45, 7) is 14.2. The van der Waals surface area contributed by atoms with Gasteiger partial charge in [0.05, 0.1) is 6.04 Å². The second-order valence-corrected chi connectivity index (χ2v) is 6.58.